The summed E-state index contributed by atoms with van der Waals surface area (Å²) in [6.07, 6.45) is 10.2. The fourth-order valence-electron chi connectivity index (χ4n) is 9.71. The van der Waals surface area contributed by atoms with Gasteiger partial charge >= 0.3 is 0 Å². The summed E-state index contributed by atoms with van der Waals surface area (Å²) >= 11 is 0. The standard InChI is InChI=1S/C31H42N2O3.C2H6/c1-18-20-8-10-29(4)21-9-11-31(27(36)33(6)7)13-12-28(2,3)16-22(31)25(21)23(34)14-24(29)30(20,5)15-19(17-32)26(18)35;1-2/h14-15,18,20-22,25H,8-13,16H2,1-7H3;1-2H3. The predicted molar refractivity (Wildman–Crippen MR) is 150 cm³/mol. The quantitative estimate of drug-likeness (QED) is 0.393. The molecule has 0 aromatic carbocycles. The number of amides is 1. The van der Waals surface area contributed by atoms with E-state index >= 15 is 0 Å². The van der Waals surface area contributed by atoms with Crippen molar-refractivity contribution in [3.63, 3.8) is 0 Å². The average Bonchev–Trinajstić information content (AvgIpc) is 2.87. The van der Waals surface area contributed by atoms with Gasteiger partial charge in [0.2, 0.25) is 5.91 Å². The third-order valence-electron chi connectivity index (χ3n) is 11.6. The second kappa shape index (κ2) is 9.46. The molecule has 5 heteroatoms. The number of hydrogen-bond donors (Lipinski definition) is 0. The highest BCUT2D eigenvalue weighted by Gasteiger charge is 2.66. The summed E-state index contributed by atoms with van der Waals surface area (Å²) in [5.74, 6) is 0.309. The van der Waals surface area contributed by atoms with Gasteiger partial charge in [-0.05, 0) is 79.6 Å². The van der Waals surface area contributed by atoms with E-state index in [1.165, 1.54) is 0 Å². The minimum Gasteiger partial charge on any atom is -0.348 e. The zero-order chi connectivity index (χ0) is 28.4. The van der Waals surface area contributed by atoms with E-state index in [2.05, 4.69) is 33.8 Å². The maximum atomic E-state index is 14.2. The van der Waals surface area contributed by atoms with E-state index in [9.17, 15) is 19.6 Å². The molecule has 5 nitrogen and oxygen atoms in total. The lowest BCUT2D eigenvalue weighted by Crippen LogP contribution is -2.62. The molecule has 3 fully saturated rings. The number of rotatable bonds is 1. The molecule has 5 aliphatic carbocycles. The molecule has 3 saturated carbocycles. The Balaban J connectivity index is 0.00000164. The monoisotopic (exact) mass is 520 g/mol. The zero-order valence-corrected chi connectivity index (χ0v) is 25.1. The molecule has 208 valence electrons. The van der Waals surface area contributed by atoms with Crippen LogP contribution in [0.2, 0.25) is 0 Å². The Morgan fingerprint density at radius 2 is 1.61 bits per heavy atom. The topological polar surface area (TPSA) is 78.2 Å². The van der Waals surface area contributed by atoms with Gasteiger partial charge in [0.25, 0.3) is 0 Å². The number of carbonyl (C=O) groups is 3. The van der Waals surface area contributed by atoms with Crippen molar-refractivity contribution in [1.82, 2.24) is 4.90 Å². The first-order valence-electron chi connectivity index (χ1n) is 14.9. The lowest BCUT2D eigenvalue weighted by molar-refractivity contribution is -0.167. The highest BCUT2D eigenvalue weighted by Crippen LogP contribution is 2.69. The Labute approximate surface area is 230 Å². The van der Waals surface area contributed by atoms with Gasteiger partial charge in [0.1, 0.15) is 6.07 Å². The van der Waals surface area contributed by atoms with Crippen LogP contribution in [0.4, 0.5) is 0 Å². The van der Waals surface area contributed by atoms with E-state index in [1.54, 1.807) is 4.90 Å². The van der Waals surface area contributed by atoms with Gasteiger partial charge in [0.05, 0.1) is 11.0 Å². The van der Waals surface area contributed by atoms with Crippen LogP contribution in [0, 0.1) is 62.6 Å². The van der Waals surface area contributed by atoms with Crippen molar-refractivity contribution >= 4 is 17.5 Å². The second-order valence-corrected chi connectivity index (χ2v) is 14.1. The molecule has 0 aliphatic heterocycles. The Bertz CT molecular complexity index is 1140. The first-order valence-corrected chi connectivity index (χ1v) is 14.9. The fourth-order valence-corrected chi connectivity index (χ4v) is 9.71. The second-order valence-electron chi connectivity index (χ2n) is 14.1. The van der Waals surface area contributed by atoms with Crippen molar-refractivity contribution in [2.75, 3.05) is 14.1 Å². The summed E-state index contributed by atoms with van der Waals surface area (Å²) in [6, 6.07) is 2.15. The number of ketones is 2. The van der Waals surface area contributed by atoms with Crippen LogP contribution in [0.15, 0.2) is 23.3 Å². The molecule has 0 aromatic rings. The number of fused-ring (bicyclic) bond motifs is 7. The van der Waals surface area contributed by atoms with Crippen molar-refractivity contribution in [2.45, 2.75) is 93.4 Å². The first-order chi connectivity index (χ1) is 17.7. The van der Waals surface area contributed by atoms with Gasteiger partial charge < -0.3 is 4.90 Å². The summed E-state index contributed by atoms with van der Waals surface area (Å²) in [5.41, 5.74) is 0.404. The molecule has 0 spiro atoms. The summed E-state index contributed by atoms with van der Waals surface area (Å²) in [5, 5.41) is 9.73. The van der Waals surface area contributed by atoms with Gasteiger partial charge in [-0.2, -0.15) is 5.26 Å². The number of Topliss-reactive ketones (excluding diaryl/α,β-unsaturated/α-hetero) is 1. The highest BCUT2D eigenvalue weighted by molar-refractivity contribution is 6.02. The predicted octanol–water partition coefficient (Wildman–Crippen LogP) is 6.54. The lowest BCUT2D eigenvalue weighted by atomic mass is 9.39. The van der Waals surface area contributed by atoms with Gasteiger partial charge in [-0.1, -0.05) is 60.1 Å². The van der Waals surface area contributed by atoms with Crippen molar-refractivity contribution in [2.24, 2.45) is 51.2 Å². The molecular formula is C33H48N2O3. The highest BCUT2D eigenvalue weighted by atomic mass is 16.2. The van der Waals surface area contributed by atoms with Crippen molar-refractivity contribution in [3.8, 4) is 6.07 Å². The molecule has 0 radical (unpaired) electrons. The average molecular weight is 521 g/mol. The van der Waals surface area contributed by atoms with Gasteiger partial charge in [-0.3, -0.25) is 14.4 Å². The molecular weight excluding hydrogens is 472 g/mol. The molecule has 0 aromatic heterocycles. The van der Waals surface area contributed by atoms with Gasteiger partial charge in [0, 0.05) is 31.3 Å². The normalized spacial score (nSPS) is 42.9. The van der Waals surface area contributed by atoms with Crippen LogP contribution in [0.3, 0.4) is 0 Å². The maximum absolute atomic E-state index is 14.2. The molecule has 1 amide bonds. The van der Waals surface area contributed by atoms with Crippen LogP contribution in [-0.2, 0) is 14.4 Å². The number of nitriles is 1. The zero-order valence-electron chi connectivity index (χ0n) is 25.1. The third kappa shape index (κ3) is 3.88. The van der Waals surface area contributed by atoms with E-state index in [4.69, 9.17) is 0 Å². The largest absolute Gasteiger partial charge is 0.348 e. The van der Waals surface area contributed by atoms with E-state index in [0.717, 1.165) is 50.5 Å². The molecule has 5 rings (SSSR count). The Morgan fingerprint density at radius 3 is 2.21 bits per heavy atom. The molecule has 8 atom stereocenters. The van der Waals surface area contributed by atoms with Gasteiger partial charge in [0.15, 0.2) is 11.6 Å². The molecule has 5 aliphatic rings. The summed E-state index contributed by atoms with van der Waals surface area (Å²) in [7, 11) is 3.71. The summed E-state index contributed by atoms with van der Waals surface area (Å²) in [6.45, 7) is 15.0. The van der Waals surface area contributed by atoms with Crippen molar-refractivity contribution in [1.29, 1.82) is 5.26 Å². The smallest absolute Gasteiger partial charge is 0.228 e. The lowest BCUT2D eigenvalue weighted by Gasteiger charge is -2.64. The van der Waals surface area contributed by atoms with Crippen LogP contribution in [-0.4, -0.2) is 36.5 Å². The molecule has 0 N–H and O–H groups in total. The minimum absolute atomic E-state index is 0.0552. The number of allylic oxidation sites excluding steroid dienone is 4. The van der Waals surface area contributed by atoms with E-state index in [1.807, 2.05) is 47.0 Å². The minimum atomic E-state index is -0.466. The van der Waals surface area contributed by atoms with Crippen LogP contribution >= 0.6 is 0 Å². The van der Waals surface area contributed by atoms with Crippen molar-refractivity contribution in [3.05, 3.63) is 23.3 Å². The summed E-state index contributed by atoms with van der Waals surface area (Å²) < 4.78 is 0. The molecule has 38 heavy (non-hydrogen) atoms. The Morgan fingerprint density at radius 1 is 0.974 bits per heavy atom. The van der Waals surface area contributed by atoms with Crippen LogP contribution in [0.25, 0.3) is 0 Å². The molecule has 0 heterocycles. The number of carbonyl (C=O) groups excluding carboxylic acids is 3. The van der Waals surface area contributed by atoms with Gasteiger partial charge in [-0.25, -0.2) is 0 Å². The number of nitrogens with zero attached hydrogens (tertiary/aromatic N) is 2. The van der Waals surface area contributed by atoms with Gasteiger partial charge in [-0.15, -0.1) is 0 Å². The van der Waals surface area contributed by atoms with Crippen LogP contribution in [0.5, 0.6) is 0 Å². The SMILES string of the molecule is CC.CC1C(=O)C(C#N)=CC2(C)C3=CC(=O)C4C(CCC5(C(=O)N(C)C)CCC(C)(C)CC45)C3(C)CCC12. The van der Waals surface area contributed by atoms with E-state index < -0.39 is 10.8 Å². The Kier molecular flexibility index (Phi) is 7.16. The first kappa shape index (κ1) is 28.8. The van der Waals surface area contributed by atoms with E-state index in [0.29, 0.717) is 0 Å². The maximum Gasteiger partial charge on any atom is 0.228 e. The van der Waals surface area contributed by atoms with E-state index in [-0.39, 0.29) is 63.5 Å². The third-order valence-corrected chi connectivity index (χ3v) is 11.6. The van der Waals surface area contributed by atoms with Crippen molar-refractivity contribution < 1.29 is 14.4 Å². The molecule has 0 saturated heterocycles. The van der Waals surface area contributed by atoms with Crippen LogP contribution in [0.1, 0.15) is 93.4 Å². The Hall–Kier alpha value is -2.22. The number of hydrogen-bond acceptors (Lipinski definition) is 4. The molecule has 8 unspecified atom stereocenters. The fraction of sp³-hybridized carbons (Fsp3) is 0.758. The summed E-state index contributed by atoms with van der Waals surface area (Å²) in [4.78, 5) is 42.5. The van der Waals surface area contributed by atoms with Crippen LogP contribution < -0.4 is 0 Å². The molecule has 0 bridgehead atoms.